The third-order valence-electron chi connectivity index (χ3n) is 2.27. The van der Waals surface area contributed by atoms with Crippen molar-refractivity contribution in [2.24, 2.45) is 0 Å². The van der Waals surface area contributed by atoms with Gasteiger partial charge in [-0.25, -0.2) is 0 Å². The molecule has 0 atom stereocenters. The van der Waals surface area contributed by atoms with Crippen LogP contribution in [0, 0.1) is 0 Å². The fourth-order valence-corrected chi connectivity index (χ4v) is 1.45. The van der Waals surface area contributed by atoms with E-state index in [0.717, 1.165) is 5.56 Å². The van der Waals surface area contributed by atoms with E-state index in [2.05, 4.69) is 10.5 Å². The van der Waals surface area contributed by atoms with Crippen LogP contribution in [0.1, 0.15) is 6.92 Å². The molecule has 5 heteroatoms. The van der Waals surface area contributed by atoms with Gasteiger partial charge in [0.15, 0.2) is 5.76 Å². The smallest absolute Gasteiger partial charge is 0.254 e. The number of carbonyl (C=O) groups excluding carboxylic acids is 1. The Morgan fingerprint density at radius 3 is 2.89 bits per heavy atom. The van der Waals surface area contributed by atoms with Crippen LogP contribution in [-0.4, -0.2) is 24.2 Å². The second-order valence-corrected chi connectivity index (χ2v) is 3.73. The molecule has 1 heterocycles. The molecule has 94 valence electrons. The molecule has 0 unspecified atom stereocenters. The van der Waals surface area contributed by atoms with Crippen molar-refractivity contribution in [2.75, 3.05) is 13.2 Å². The van der Waals surface area contributed by atoms with Gasteiger partial charge in [0, 0.05) is 18.6 Å². The summed E-state index contributed by atoms with van der Waals surface area (Å²) < 4.78 is 10.5. The molecule has 0 radical (unpaired) electrons. The average molecular weight is 246 g/mol. The molecular weight excluding hydrogens is 232 g/mol. The highest BCUT2D eigenvalue weighted by Crippen LogP contribution is 2.22. The third kappa shape index (κ3) is 3.35. The van der Waals surface area contributed by atoms with Crippen LogP contribution in [0.2, 0.25) is 0 Å². The number of amides is 1. The number of rotatable bonds is 5. The van der Waals surface area contributed by atoms with Gasteiger partial charge in [-0.15, -0.1) is 0 Å². The van der Waals surface area contributed by atoms with Crippen LogP contribution >= 0.6 is 0 Å². The van der Waals surface area contributed by atoms with Crippen molar-refractivity contribution in [3.63, 3.8) is 0 Å². The van der Waals surface area contributed by atoms with Crippen molar-refractivity contribution in [1.82, 2.24) is 10.5 Å². The third-order valence-corrected chi connectivity index (χ3v) is 2.27. The van der Waals surface area contributed by atoms with Gasteiger partial charge in [-0.3, -0.25) is 4.79 Å². The van der Waals surface area contributed by atoms with Gasteiger partial charge >= 0.3 is 0 Å². The second kappa shape index (κ2) is 5.86. The topological polar surface area (TPSA) is 64.4 Å². The van der Waals surface area contributed by atoms with E-state index in [4.69, 9.17) is 9.26 Å². The molecule has 2 aromatic rings. The lowest BCUT2D eigenvalue weighted by molar-refractivity contribution is -0.119. The number of benzene rings is 1. The molecule has 0 saturated carbocycles. The SMILES string of the molecule is CC(=O)NCCOc1cc(-c2ccccc2)on1. The number of nitrogens with zero attached hydrogens (tertiary/aromatic N) is 1. The molecule has 0 bridgehead atoms. The first-order valence-electron chi connectivity index (χ1n) is 5.65. The van der Waals surface area contributed by atoms with Gasteiger partial charge in [0.2, 0.25) is 5.91 Å². The number of aromatic nitrogens is 1. The predicted octanol–water partition coefficient (Wildman–Crippen LogP) is 1.86. The van der Waals surface area contributed by atoms with Gasteiger partial charge in [-0.2, -0.15) is 0 Å². The van der Waals surface area contributed by atoms with E-state index in [9.17, 15) is 4.79 Å². The Hall–Kier alpha value is -2.30. The summed E-state index contributed by atoms with van der Waals surface area (Å²) in [6.07, 6.45) is 0. The van der Waals surface area contributed by atoms with Crippen molar-refractivity contribution in [2.45, 2.75) is 6.92 Å². The normalized spacial score (nSPS) is 10.1. The lowest BCUT2D eigenvalue weighted by Crippen LogP contribution is -2.25. The summed E-state index contributed by atoms with van der Waals surface area (Å²) in [6, 6.07) is 11.4. The van der Waals surface area contributed by atoms with E-state index in [1.807, 2.05) is 30.3 Å². The zero-order valence-corrected chi connectivity index (χ0v) is 10.1. The van der Waals surface area contributed by atoms with Crippen molar-refractivity contribution in [3.8, 4) is 17.2 Å². The molecule has 1 aromatic carbocycles. The summed E-state index contributed by atoms with van der Waals surface area (Å²) in [4.78, 5) is 10.6. The standard InChI is InChI=1S/C13H14N2O3/c1-10(16)14-7-8-17-13-9-12(18-15-13)11-5-3-2-4-6-11/h2-6,9H,7-8H2,1H3,(H,14,16). The predicted molar refractivity (Wildman–Crippen MR) is 66.1 cm³/mol. The maximum Gasteiger partial charge on any atom is 0.254 e. The van der Waals surface area contributed by atoms with Gasteiger partial charge < -0.3 is 14.6 Å². The molecule has 0 spiro atoms. The van der Waals surface area contributed by atoms with E-state index < -0.39 is 0 Å². The van der Waals surface area contributed by atoms with Crippen LogP contribution in [0.3, 0.4) is 0 Å². The number of carbonyl (C=O) groups is 1. The van der Waals surface area contributed by atoms with Crippen LogP contribution in [0.4, 0.5) is 0 Å². The molecule has 0 fully saturated rings. The maximum absolute atomic E-state index is 10.6. The Morgan fingerprint density at radius 2 is 2.17 bits per heavy atom. The van der Waals surface area contributed by atoms with E-state index in [0.29, 0.717) is 24.8 Å². The number of hydrogen-bond donors (Lipinski definition) is 1. The fraction of sp³-hybridized carbons (Fsp3) is 0.231. The summed E-state index contributed by atoms with van der Waals surface area (Å²) in [7, 11) is 0. The monoisotopic (exact) mass is 246 g/mol. The molecule has 5 nitrogen and oxygen atoms in total. The maximum atomic E-state index is 10.6. The van der Waals surface area contributed by atoms with E-state index >= 15 is 0 Å². The van der Waals surface area contributed by atoms with Crippen molar-refractivity contribution < 1.29 is 14.1 Å². The lowest BCUT2D eigenvalue weighted by Gasteiger charge is -2.01. The molecule has 18 heavy (non-hydrogen) atoms. The van der Waals surface area contributed by atoms with E-state index in [1.54, 1.807) is 6.07 Å². The Morgan fingerprint density at radius 1 is 1.39 bits per heavy atom. The molecular formula is C13H14N2O3. The Labute approximate surface area is 105 Å². The van der Waals surface area contributed by atoms with Crippen LogP contribution in [0.5, 0.6) is 5.88 Å². The molecule has 1 aromatic heterocycles. The molecule has 0 aliphatic carbocycles. The largest absolute Gasteiger partial charge is 0.474 e. The second-order valence-electron chi connectivity index (χ2n) is 3.73. The first-order chi connectivity index (χ1) is 8.75. The number of nitrogens with one attached hydrogen (secondary N) is 1. The quantitative estimate of drug-likeness (QED) is 0.818. The first-order valence-corrected chi connectivity index (χ1v) is 5.65. The average Bonchev–Trinajstić information content (AvgIpc) is 2.84. The highest BCUT2D eigenvalue weighted by Gasteiger charge is 2.06. The van der Waals surface area contributed by atoms with Crippen LogP contribution in [0.25, 0.3) is 11.3 Å². The van der Waals surface area contributed by atoms with Crippen LogP contribution in [0.15, 0.2) is 40.9 Å². The van der Waals surface area contributed by atoms with Crippen molar-refractivity contribution in [3.05, 3.63) is 36.4 Å². The Bertz CT molecular complexity index is 508. The van der Waals surface area contributed by atoms with E-state index in [1.165, 1.54) is 6.92 Å². The summed E-state index contributed by atoms with van der Waals surface area (Å²) >= 11 is 0. The zero-order valence-electron chi connectivity index (χ0n) is 10.1. The van der Waals surface area contributed by atoms with Crippen LogP contribution < -0.4 is 10.1 Å². The summed E-state index contributed by atoms with van der Waals surface area (Å²) in [5.41, 5.74) is 0.946. The lowest BCUT2D eigenvalue weighted by atomic mass is 10.2. The molecule has 0 aliphatic rings. The number of ether oxygens (including phenoxy) is 1. The fourth-order valence-electron chi connectivity index (χ4n) is 1.45. The molecule has 1 amide bonds. The highest BCUT2D eigenvalue weighted by atomic mass is 16.5. The zero-order chi connectivity index (χ0) is 12.8. The van der Waals surface area contributed by atoms with Crippen molar-refractivity contribution >= 4 is 5.91 Å². The Kier molecular flexibility index (Phi) is 3.96. The first kappa shape index (κ1) is 12.2. The van der Waals surface area contributed by atoms with Crippen molar-refractivity contribution in [1.29, 1.82) is 0 Å². The van der Waals surface area contributed by atoms with Gasteiger partial charge in [-0.1, -0.05) is 30.3 Å². The summed E-state index contributed by atoms with van der Waals surface area (Å²) in [5, 5.41) is 6.43. The Balaban J connectivity index is 1.89. The minimum atomic E-state index is -0.0799. The van der Waals surface area contributed by atoms with Gasteiger partial charge in [0.05, 0.1) is 6.54 Å². The summed E-state index contributed by atoms with van der Waals surface area (Å²) in [5.74, 6) is 0.994. The molecule has 2 rings (SSSR count). The minimum Gasteiger partial charge on any atom is -0.474 e. The van der Waals surface area contributed by atoms with Gasteiger partial charge in [0.1, 0.15) is 6.61 Å². The molecule has 0 saturated heterocycles. The summed E-state index contributed by atoms with van der Waals surface area (Å²) in [6.45, 7) is 2.27. The van der Waals surface area contributed by atoms with E-state index in [-0.39, 0.29) is 5.91 Å². The van der Waals surface area contributed by atoms with Gasteiger partial charge in [-0.05, 0) is 5.16 Å². The molecule has 1 N–H and O–H groups in total. The van der Waals surface area contributed by atoms with Gasteiger partial charge in [0.25, 0.3) is 5.88 Å². The van der Waals surface area contributed by atoms with Crippen LogP contribution in [-0.2, 0) is 4.79 Å². The number of hydrogen-bond acceptors (Lipinski definition) is 4. The highest BCUT2D eigenvalue weighted by molar-refractivity contribution is 5.72. The molecule has 0 aliphatic heterocycles. The minimum absolute atomic E-state index is 0.0799.